The molecule has 0 aliphatic rings. The maximum Gasteiger partial charge on any atom is 0.417 e. The van der Waals surface area contributed by atoms with Crippen molar-refractivity contribution in [3.8, 4) is 17.2 Å². The molecular weight excluding hydrogens is 241 g/mol. The van der Waals surface area contributed by atoms with Gasteiger partial charge >= 0.3 is 6.18 Å². The summed E-state index contributed by atoms with van der Waals surface area (Å²) in [4.78, 5) is 3.69. The van der Waals surface area contributed by atoms with E-state index in [9.17, 15) is 13.2 Å². The smallest absolute Gasteiger partial charge is 0.245 e. The zero-order valence-corrected chi connectivity index (χ0v) is 9.07. The van der Waals surface area contributed by atoms with E-state index in [-0.39, 0.29) is 11.3 Å². The highest BCUT2D eigenvalue weighted by molar-refractivity contribution is 5.67. The highest BCUT2D eigenvalue weighted by Crippen LogP contribution is 2.36. The number of halogens is 3. The second-order valence-corrected chi connectivity index (χ2v) is 3.59. The molecule has 0 amide bonds. The van der Waals surface area contributed by atoms with E-state index in [4.69, 9.17) is 5.26 Å². The molecule has 0 atom stereocenters. The van der Waals surface area contributed by atoms with Gasteiger partial charge < -0.3 is 0 Å². The van der Waals surface area contributed by atoms with E-state index in [1.54, 1.807) is 36.4 Å². The Morgan fingerprint density at radius 2 is 1.78 bits per heavy atom. The first-order chi connectivity index (χ1) is 8.52. The molecule has 1 heterocycles. The SMILES string of the molecule is N#Cc1cc(C(F)(F)F)c(-c2ccccc2)cn1. The van der Waals surface area contributed by atoms with Gasteiger partial charge in [-0.05, 0) is 11.6 Å². The number of aromatic nitrogens is 1. The Balaban J connectivity index is 2.65. The number of rotatable bonds is 1. The minimum Gasteiger partial charge on any atom is -0.245 e. The monoisotopic (exact) mass is 248 g/mol. The second-order valence-electron chi connectivity index (χ2n) is 3.59. The van der Waals surface area contributed by atoms with E-state index < -0.39 is 11.7 Å². The molecule has 0 unspecified atom stereocenters. The minimum absolute atomic E-state index is 0.0258. The number of hydrogen-bond donors (Lipinski definition) is 0. The van der Waals surface area contributed by atoms with E-state index in [2.05, 4.69) is 4.98 Å². The number of hydrogen-bond acceptors (Lipinski definition) is 2. The molecule has 0 saturated carbocycles. The summed E-state index contributed by atoms with van der Waals surface area (Å²) in [5.41, 5.74) is -0.703. The van der Waals surface area contributed by atoms with E-state index >= 15 is 0 Å². The van der Waals surface area contributed by atoms with Crippen LogP contribution < -0.4 is 0 Å². The number of benzene rings is 1. The molecule has 1 aromatic heterocycles. The molecule has 2 aromatic rings. The number of nitriles is 1. The van der Waals surface area contributed by atoms with Crippen LogP contribution in [0.25, 0.3) is 11.1 Å². The van der Waals surface area contributed by atoms with Crippen molar-refractivity contribution >= 4 is 0 Å². The largest absolute Gasteiger partial charge is 0.417 e. The summed E-state index contributed by atoms with van der Waals surface area (Å²) in [7, 11) is 0. The van der Waals surface area contributed by atoms with Crippen molar-refractivity contribution < 1.29 is 13.2 Å². The van der Waals surface area contributed by atoms with Gasteiger partial charge in [-0.25, -0.2) is 4.98 Å². The van der Waals surface area contributed by atoms with Crippen LogP contribution in [0.15, 0.2) is 42.6 Å². The third-order valence-corrected chi connectivity index (χ3v) is 2.41. The summed E-state index contributed by atoms with van der Waals surface area (Å²) in [5.74, 6) is 0. The van der Waals surface area contributed by atoms with Gasteiger partial charge in [0.15, 0.2) is 0 Å². The number of alkyl halides is 3. The fourth-order valence-corrected chi connectivity index (χ4v) is 1.60. The van der Waals surface area contributed by atoms with Gasteiger partial charge in [-0.2, -0.15) is 18.4 Å². The van der Waals surface area contributed by atoms with Gasteiger partial charge in [0, 0.05) is 11.8 Å². The van der Waals surface area contributed by atoms with E-state index in [0.717, 1.165) is 12.3 Å². The van der Waals surface area contributed by atoms with Crippen molar-refractivity contribution in [3.05, 3.63) is 53.9 Å². The van der Waals surface area contributed by atoms with Crippen LogP contribution in [0, 0.1) is 11.3 Å². The van der Waals surface area contributed by atoms with Crippen LogP contribution in [0.1, 0.15) is 11.3 Å². The summed E-state index contributed by atoms with van der Waals surface area (Å²) >= 11 is 0. The second kappa shape index (κ2) is 4.49. The molecule has 0 spiro atoms. The van der Waals surface area contributed by atoms with Crippen LogP contribution in [0.3, 0.4) is 0 Å². The molecule has 0 bridgehead atoms. The van der Waals surface area contributed by atoms with Crippen LogP contribution in [0.5, 0.6) is 0 Å². The topological polar surface area (TPSA) is 36.7 Å². The van der Waals surface area contributed by atoms with Crippen LogP contribution in [-0.4, -0.2) is 4.98 Å². The van der Waals surface area contributed by atoms with Crippen molar-refractivity contribution in [1.29, 1.82) is 5.26 Å². The first-order valence-electron chi connectivity index (χ1n) is 5.05. The van der Waals surface area contributed by atoms with Crippen LogP contribution in [0.2, 0.25) is 0 Å². The van der Waals surface area contributed by atoms with Crippen LogP contribution >= 0.6 is 0 Å². The third kappa shape index (κ3) is 2.33. The summed E-state index contributed by atoms with van der Waals surface area (Å²) in [6.45, 7) is 0. The van der Waals surface area contributed by atoms with Crippen LogP contribution in [0.4, 0.5) is 13.2 Å². The molecule has 1 aromatic carbocycles. The molecule has 5 heteroatoms. The lowest BCUT2D eigenvalue weighted by molar-refractivity contribution is -0.137. The highest BCUT2D eigenvalue weighted by Gasteiger charge is 2.34. The van der Waals surface area contributed by atoms with Gasteiger partial charge in [-0.3, -0.25) is 0 Å². The predicted octanol–water partition coefficient (Wildman–Crippen LogP) is 3.64. The molecule has 90 valence electrons. The van der Waals surface area contributed by atoms with Crippen molar-refractivity contribution in [2.24, 2.45) is 0 Å². The minimum atomic E-state index is -4.51. The first kappa shape index (κ1) is 12.1. The van der Waals surface area contributed by atoms with Gasteiger partial charge in [-0.1, -0.05) is 30.3 Å². The zero-order valence-electron chi connectivity index (χ0n) is 9.07. The molecule has 2 rings (SSSR count). The van der Waals surface area contributed by atoms with Gasteiger partial charge in [-0.15, -0.1) is 0 Å². The van der Waals surface area contributed by atoms with Gasteiger partial charge in [0.25, 0.3) is 0 Å². The van der Waals surface area contributed by atoms with E-state index in [0.29, 0.717) is 5.56 Å². The summed E-state index contributed by atoms with van der Waals surface area (Å²) < 4.78 is 38.7. The Morgan fingerprint density at radius 3 is 2.33 bits per heavy atom. The normalized spacial score (nSPS) is 11.0. The Bertz CT molecular complexity index is 598. The standard InChI is InChI=1S/C13H7F3N2/c14-13(15,16)12-6-10(7-17)18-8-11(12)9-4-2-1-3-5-9/h1-6,8H. The summed E-state index contributed by atoms with van der Waals surface area (Å²) in [5, 5.41) is 8.61. The highest BCUT2D eigenvalue weighted by atomic mass is 19.4. The molecule has 0 aliphatic heterocycles. The first-order valence-corrected chi connectivity index (χ1v) is 5.05. The Labute approximate surface area is 101 Å². The lowest BCUT2D eigenvalue weighted by Gasteiger charge is -2.12. The Kier molecular flexibility index (Phi) is 3.02. The fraction of sp³-hybridized carbons (Fsp3) is 0.0769. The van der Waals surface area contributed by atoms with Crippen molar-refractivity contribution in [3.63, 3.8) is 0 Å². The summed E-state index contributed by atoms with van der Waals surface area (Å²) in [6.07, 6.45) is -3.43. The Hall–Kier alpha value is -2.35. The van der Waals surface area contributed by atoms with Gasteiger partial charge in [0.1, 0.15) is 11.8 Å². The van der Waals surface area contributed by atoms with Crippen molar-refractivity contribution in [1.82, 2.24) is 4.98 Å². The van der Waals surface area contributed by atoms with Crippen molar-refractivity contribution in [2.45, 2.75) is 6.18 Å². The average Bonchev–Trinajstić information content (AvgIpc) is 2.38. The van der Waals surface area contributed by atoms with E-state index in [1.165, 1.54) is 0 Å². The molecule has 0 radical (unpaired) electrons. The quantitative estimate of drug-likeness (QED) is 0.772. The molecule has 2 nitrogen and oxygen atoms in total. The van der Waals surface area contributed by atoms with E-state index in [1.807, 2.05) is 0 Å². The lowest BCUT2D eigenvalue weighted by atomic mass is 10.0. The number of nitrogens with zero attached hydrogens (tertiary/aromatic N) is 2. The van der Waals surface area contributed by atoms with Crippen molar-refractivity contribution in [2.75, 3.05) is 0 Å². The molecule has 0 N–H and O–H groups in total. The predicted molar refractivity (Wildman–Crippen MR) is 59.4 cm³/mol. The maximum atomic E-state index is 12.9. The van der Waals surface area contributed by atoms with Gasteiger partial charge in [0.05, 0.1) is 5.56 Å². The molecule has 0 fully saturated rings. The molecule has 0 saturated heterocycles. The molecule has 18 heavy (non-hydrogen) atoms. The average molecular weight is 248 g/mol. The fourth-order valence-electron chi connectivity index (χ4n) is 1.60. The third-order valence-electron chi connectivity index (χ3n) is 2.41. The number of pyridine rings is 1. The van der Waals surface area contributed by atoms with Gasteiger partial charge in [0.2, 0.25) is 0 Å². The molecule has 0 aliphatic carbocycles. The zero-order chi connectivity index (χ0) is 13.2. The lowest BCUT2D eigenvalue weighted by Crippen LogP contribution is -2.08. The Morgan fingerprint density at radius 1 is 1.11 bits per heavy atom. The maximum absolute atomic E-state index is 12.9. The summed E-state index contributed by atoms with van der Waals surface area (Å²) in [6, 6.07) is 10.5. The van der Waals surface area contributed by atoms with Crippen LogP contribution in [-0.2, 0) is 6.18 Å². The molecular formula is C13H7F3N2.